The molecule has 1 N–H and O–H groups in total. The number of nitrogens with one attached hydrogen (secondary N) is 1. The molecule has 102 valence electrons. The minimum atomic E-state index is 0. The lowest BCUT2D eigenvalue weighted by Crippen LogP contribution is -2.35. The first-order valence-corrected chi connectivity index (χ1v) is 6.70. The van der Waals surface area contributed by atoms with Gasteiger partial charge in [0.2, 0.25) is 0 Å². The average molecular weight is 270 g/mol. The van der Waals surface area contributed by atoms with Crippen LogP contribution in [-0.2, 0) is 6.54 Å². The van der Waals surface area contributed by atoms with Crippen LogP contribution in [0.2, 0.25) is 0 Å². The van der Waals surface area contributed by atoms with Gasteiger partial charge in [-0.2, -0.15) is 0 Å². The lowest BCUT2D eigenvalue weighted by Gasteiger charge is -2.29. The second-order valence-corrected chi connectivity index (χ2v) is 4.88. The molecule has 1 fully saturated rings. The van der Waals surface area contributed by atoms with Gasteiger partial charge in [0.05, 0.1) is 0 Å². The SMILES string of the molecule is CCN(Cc1ccncc1)CC1CCNCC1.Cl. The Bertz CT molecular complexity index is 312. The van der Waals surface area contributed by atoms with Crippen molar-refractivity contribution in [3.8, 4) is 0 Å². The van der Waals surface area contributed by atoms with E-state index >= 15 is 0 Å². The first-order valence-electron chi connectivity index (χ1n) is 6.70. The normalized spacial score (nSPS) is 16.6. The molecule has 3 nitrogen and oxygen atoms in total. The van der Waals surface area contributed by atoms with E-state index in [0.717, 1.165) is 19.0 Å². The first-order chi connectivity index (χ1) is 8.38. The smallest absolute Gasteiger partial charge is 0.0271 e. The fraction of sp³-hybridized carbons (Fsp3) is 0.643. The number of rotatable bonds is 5. The van der Waals surface area contributed by atoms with Crippen molar-refractivity contribution in [2.24, 2.45) is 5.92 Å². The standard InChI is InChI=1S/C14H23N3.ClH/c1-2-17(11-13-3-7-15-8-4-13)12-14-5-9-16-10-6-14;/h3-4,7-8,14,16H,2,5-6,9-12H2,1H3;1H. The molecule has 1 saturated heterocycles. The molecule has 4 heteroatoms. The van der Waals surface area contributed by atoms with E-state index in [1.54, 1.807) is 0 Å². The third-order valence-electron chi connectivity index (χ3n) is 3.58. The largest absolute Gasteiger partial charge is 0.317 e. The number of piperidine rings is 1. The monoisotopic (exact) mass is 269 g/mol. The molecular weight excluding hydrogens is 246 g/mol. The van der Waals surface area contributed by atoms with E-state index in [2.05, 4.69) is 34.3 Å². The number of hydrogen-bond acceptors (Lipinski definition) is 3. The molecule has 2 rings (SSSR count). The molecule has 1 aliphatic rings. The van der Waals surface area contributed by atoms with Crippen LogP contribution in [-0.4, -0.2) is 36.1 Å². The topological polar surface area (TPSA) is 28.2 Å². The minimum Gasteiger partial charge on any atom is -0.317 e. The van der Waals surface area contributed by atoms with Crippen LogP contribution < -0.4 is 5.32 Å². The Kier molecular flexibility index (Phi) is 7.25. The minimum absolute atomic E-state index is 0. The van der Waals surface area contributed by atoms with Crippen molar-refractivity contribution in [3.05, 3.63) is 30.1 Å². The molecule has 0 aliphatic carbocycles. The molecule has 0 unspecified atom stereocenters. The van der Waals surface area contributed by atoms with Gasteiger partial charge in [0.1, 0.15) is 0 Å². The summed E-state index contributed by atoms with van der Waals surface area (Å²) in [6.07, 6.45) is 6.42. The maximum absolute atomic E-state index is 4.07. The molecule has 1 aromatic heterocycles. The van der Waals surface area contributed by atoms with E-state index in [9.17, 15) is 0 Å². The summed E-state index contributed by atoms with van der Waals surface area (Å²) in [7, 11) is 0. The molecule has 0 atom stereocenters. The molecule has 0 bridgehead atoms. The Morgan fingerprint density at radius 3 is 2.56 bits per heavy atom. The number of aromatic nitrogens is 1. The van der Waals surface area contributed by atoms with Crippen molar-refractivity contribution in [3.63, 3.8) is 0 Å². The van der Waals surface area contributed by atoms with Gasteiger partial charge in [-0.15, -0.1) is 12.4 Å². The maximum atomic E-state index is 4.07. The zero-order valence-corrected chi connectivity index (χ0v) is 12.0. The van der Waals surface area contributed by atoms with Gasteiger partial charge in [-0.3, -0.25) is 9.88 Å². The van der Waals surface area contributed by atoms with Gasteiger partial charge in [-0.25, -0.2) is 0 Å². The Morgan fingerprint density at radius 2 is 1.94 bits per heavy atom. The highest BCUT2D eigenvalue weighted by atomic mass is 35.5. The highest BCUT2D eigenvalue weighted by Gasteiger charge is 2.16. The Labute approximate surface area is 116 Å². The molecular formula is C14H24ClN3. The zero-order valence-electron chi connectivity index (χ0n) is 11.1. The van der Waals surface area contributed by atoms with E-state index in [-0.39, 0.29) is 12.4 Å². The Balaban J connectivity index is 0.00000162. The van der Waals surface area contributed by atoms with Crippen LogP contribution in [0.4, 0.5) is 0 Å². The molecule has 2 heterocycles. The van der Waals surface area contributed by atoms with E-state index in [0.29, 0.717) is 0 Å². The predicted molar refractivity (Wildman–Crippen MR) is 78.0 cm³/mol. The summed E-state index contributed by atoms with van der Waals surface area (Å²) in [6.45, 7) is 8.06. The molecule has 0 spiro atoms. The molecule has 0 radical (unpaired) electrons. The molecule has 18 heavy (non-hydrogen) atoms. The van der Waals surface area contributed by atoms with Crippen LogP contribution >= 0.6 is 12.4 Å². The first kappa shape index (κ1) is 15.4. The van der Waals surface area contributed by atoms with E-state index in [1.165, 1.54) is 38.0 Å². The summed E-state index contributed by atoms with van der Waals surface area (Å²) in [6, 6.07) is 4.23. The van der Waals surface area contributed by atoms with Crippen molar-refractivity contribution >= 4 is 12.4 Å². The van der Waals surface area contributed by atoms with Gasteiger partial charge in [0, 0.05) is 25.5 Å². The van der Waals surface area contributed by atoms with Gasteiger partial charge in [0.25, 0.3) is 0 Å². The lowest BCUT2D eigenvalue weighted by molar-refractivity contribution is 0.207. The van der Waals surface area contributed by atoms with E-state index in [4.69, 9.17) is 0 Å². The second-order valence-electron chi connectivity index (χ2n) is 4.88. The van der Waals surface area contributed by atoms with Crippen molar-refractivity contribution in [1.82, 2.24) is 15.2 Å². The third-order valence-corrected chi connectivity index (χ3v) is 3.58. The van der Waals surface area contributed by atoms with Crippen LogP contribution in [0.25, 0.3) is 0 Å². The molecule has 0 saturated carbocycles. The van der Waals surface area contributed by atoms with Crippen LogP contribution in [0.3, 0.4) is 0 Å². The predicted octanol–water partition coefficient (Wildman–Crippen LogP) is 2.32. The third kappa shape index (κ3) is 4.92. The molecule has 0 aromatic carbocycles. The van der Waals surface area contributed by atoms with Crippen molar-refractivity contribution in [2.75, 3.05) is 26.2 Å². The Morgan fingerprint density at radius 1 is 1.28 bits per heavy atom. The molecule has 0 amide bonds. The highest BCUT2D eigenvalue weighted by Crippen LogP contribution is 2.14. The zero-order chi connectivity index (χ0) is 11.9. The van der Waals surface area contributed by atoms with Crippen molar-refractivity contribution in [1.29, 1.82) is 0 Å². The van der Waals surface area contributed by atoms with Crippen LogP contribution in [0.15, 0.2) is 24.5 Å². The second kappa shape index (κ2) is 8.46. The quantitative estimate of drug-likeness (QED) is 0.889. The number of pyridine rings is 1. The summed E-state index contributed by atoms with van der Waals surface area (Å²) in [5, 5.41) is 3.43. The van der Waals surface area contributed by atoms with Crippen LogP contribution in [0, 0.1) is 5.92 Å². The summed E-state index contributed by atoms with van der Waals surface area (Å²) in [4.78, 5) is 6.61. The van der Waals surface area contributed by atoms with Gasteiger partial charge in [-0.05, 0) is 56.1 Å². The average Bonchev–Trinajstić information content (AvgIpc) is 2.40. The number of nitrogens with zero attached hydrogens (tertiary/aromatic N) is 2. The fourth-order valence-corrected chi connectivity index (χ4v) is 2.48. The van der Waals surface area contributed by atoms with Crippen LogP contribution in [0.1, 0.15) is 25.3 Å². The Hall–Kier alpha value is -0.640. The molecule has 1 aromatic rings. The highest BCUT2D eigenvalue weighted by molar-refractivity contribution is 5.85. The van der Waals surface area contributed by atoms with E-state index < -0.39 is 0 Å². The van der Waals surface area contributed by atoms with Gasteiger partial charge >= 0.3 is 0 Å². The van der Waals surface area contributed by atoms with Crippen LogP contribution in [0.5, 0.6) is 0 Å². The summed E-state index contributed by atoms with van der Waals surface area (Å²) < 4.78 is 0. The fourth-order valence-electron chi connectivity index (χ4n) is 2.48. The van der Waals surface area contributed by atoms with Gasteiger partial charge in [-0.1, -0.05) is 6.92 Å². The van der Waals surface area contributed by atoms with Gasteiger partial charge in [0.15, 0.2) is 0 Å². The summed E-state index contributed by atoms with van der Waals surface area (Å²) in [5.41, 5.74) is 1.37. The number of hydrogen-bond donors (Lipinski definition) is 1. The summed E-state index contributed by atoms with van der Waals surface area (Å²) >= 11 is 0. The van der Waals surface area contributed by atoms with Gasteiger partial charge < -0.3 is 5.32 Å². The van der Waals surface area contributed by atoms with Crippen molar-refractivity contribution < 1.29 is 0 Å². The number of halogens is 1. The lowest BCUT2D eigenvalue weighted by atomic mass is 9.97. The maximum Gasteiger partial charge on any atom is 0.0271 e. The van der Waals surface area contributed by atoms with Crippen molar-refractivity contribution in [2.45, 2.75) is 26.3 Å². The molecule has 1 aliphatic heterocycles. The summed E-state index contributed by atoms with van der Waals surface area (Å²) in [5.74, 6) is 0.873. The van der Waals surface area contributed by atoms with E-state index in [1.807, 2.05) is 12.4 Å².